The van der Waals surface area contributed by atoms with Crippen LogP contribution in [0.1, 0.15) is 97.8 Å². The van der Waals surface area contributed by atoms with Crippen molar-refractivity contribution in [2.45, 2.75) is 104 Å². The highest BCUT2D eigenvalue weighted by Crippen LogP contribution is 2.63. The molecule has 160 valence electrons. The van der Waals surface area contributed by atoms with Gasteiger partial charge in [0.2, 0.25) is 0 Å². The van der Waals surface area contributed by atoms with Gasteiger partial charge < -0.3 is 4.74 Å². The van der Waals surface area contributed by atoms with Crippen LogP contribution in [0.5, 0.6) is 0 Å². The van der Waals surface area contributed by atoms with Gasteiger partial charge in [0.15, 0.2) is 5.78 Å². The van der Waals surface area contributed by atoms with E-state index >= 15 is 0 Å². The third-order valence-electron chi connectivity index (χ3n) is 8.75. The van der Waals surface area contributed by atoms with Crippen molar-refractivity contribution in [2.24, 2.45) is 22.7 Å². The van der Waals surface area contributed by atoms with Gasteiger partial charge in [-0.25, -0.2) is 0 Å². The minimum Gasteiger partial charge on any atom is -0.462 e. The number of rotatable bonds is 6. The fourth-order valence-electron chi connectivity index (χ4n) is 6.92. The second kappa shape index (κ2) is 8.04. The van der Waals surface area contributed by atoms with Crippen LogP contribution in [0.2, 0.25) is 0 Å². The molecule has 2 saturated carbocycles. The summed E-state index contributed by atoms with van der Waals surface area (Å²) < 4.78 is 6.07. The molecule has 0 radical (unpaired) electrons. The van der Waals surface area contributed by atoms with Gasteiger partial charge in [0, 0.05) is 23.7 Å². The van der Waals surface area contributed by atoms with E-state index in [0.29, 0.717) is 30.5 Å². The molecule has 0 aliphatic heterocycles. The Morgan fingerprint density at radius 3 is 2.76 bits per heavy atom. The molecule has 0 N–H and O–H groups in total. The molecule has 0 spiro atoms. The second-order valence-electron chi connectivity index (χ2n) is 10.5. The van der Waals surface area contributed by atoms with Crippen LogP contribution >= 0.6 is 0 Å². The molecule has 4 rings (SSSR count). The van der Waals surface area contributed by atoms with Crippen LogP contribution in [0.3, 0.4) is 0 Å². The first kappa shape index (κ1) is 20.9. The van der Waals surface area contributed by atoms with Crippen molar-refractivity contribution in [3.63, 3.8) is 0 Å². The molecule has 0 heterocycles. The summed E-state index contributed by atoms with van der Waals surface area (Å²) in [6.45, 7) is 6.93. The number of ether oxygens (including phenoxy) is 1. The SMILES string of the molecule is CCCCCCC(=O)O[C@H]1CC[C@H]2[C@@H]3CCC4=CC(=O)CC[C@]4(C)C3=CC[C@]12C. The van der Waals surface area contributed by atoms with Crippen LogP contribution < -0.4 is 0 Å². The molecule has 3 nitrogen and oxygen atoms in total. The van der Waals surface area contributed by atoms with Gasteiger partial charge in [-0.15, -0.1) is 0 Å². The number of allylic oxidation sites excluding steroid dienone is 4. The van der Waals surface area contributed by atoms with Crippen LogP contribution in [-0.2, 0) is 14.3 Å². The predicted molar refractivity (Wildman–Crippen MR) is 115 cm³/mol. The van der Waals surface area contributed by atoms with E-state index in [0.717, 1.165) is 44.9 Å². The van der Waals surface area contributed by atoms with Gasteiger partial charge in [0.1, 0.15) is 6.10 Å². The molecule has 0 aromatic heterocycles. The van der Waals surface area contributed by atoms with E-state index in [9.17, 15) is 9.59 Å². The monoisotopic (exact) mass is 398 g/mol. The van der Waals surface area contributed by atoms with Gasteiger partial charge in [0.25, 0.3) is 0 Å². The van der Waals surface area contributed by atoms with Gasteiger partial charge in [-0.2, -0.15) is 0 Å². The summed E-state index contributed by atoms with van der Waals surface area (Å²) in [6.07, 6.45) is 16.6. The Labute approximate surface area is 176 Å². The molecule has 0 bridgehead atoms. The molecule has 4 aliphatic rings. The minimum atomic E-state index is 0.00868. The van der Waals surface area contributed by atoms with E-state index in [1.54, 1.807) is 5.57 Å². The lowest BCUT2D eigenvalue weighted by Crippen LogP contribution is -2.46. The number of hydrogen-bond donors (Lipinski definition) is 0. The zero-order valence-corrected chi connectivity index (χ0v) is 18.6. The Morgan fingerprint density at radius 1 is 1.14 bits per heavy atom. The van der Waals surface area contributed by atoms with Crippen molar-refractivity contribution >= 4 is 11.8 Å². The van der Waals surface area contributed by atoms with E-state index < -0.39 is 0 Å². The largest absolute Gasteiger partial charge is 0.462 e. The molecule has 0 aromatic rings. The van der Waals surface area contributed by atoms with Gasteiger partial charge >= 0.3 is 5.97 Å². The van der Waals surface area contributed by atoms with Crippen LogP contribution in [0.15, 0.2) is 23.3 Å². The molecule has 0 aromatic carbocycles. The summed E-state index contributed by atoms with van der Waals surface area (Å²) in [5.41, 5.74) is 3.13. The summed E-state index contributed by atoms with van der Waals surface area (Å²) in [5.74, 6) is 1.52. The Morgan fingerprint density at radius 2 is 1.97 bits per heavy atom. The summed E-state index contributed by atoms with van der Waals surface area (Å²) in [4.78, 5) is 24.4. The zero-order chi connectivity index (χ0) is 20.6. The third kappa shape index (κ3) is 3.64. The molecule has 3 heteroatoms. The van der Waals surface area contributed by atoms with Gasteiger partial charge in [-0.05, 0) is 62.9 Å². The minimum absolute atomic E-state index is 0.00868. The van der Waals surface area contributed by atoms with E-state index in [2.05, 4.69) is 26.8 Å². The number of hydrogen-bond acceptors (Lipinski definition) is 3. The number of ketones is 1. The van der Waals surface area contributed by atoms with Crippen molar-refractivity contribution < 1.29 is 14.3 Å². The fourth-order valence-corrected chi connectivity index (χ4v) is 6.92. The van der Waals surface area contributed by atoms with Crippen LogP contribution in [-0.4, -0.2) is 17.9 Å². The summed E-state index contributed by atoms with van der Waals surface area (Å²) >= 11 is 0. The third-order valence-corrected chi connectivity index (χ3v) is 8.75. The van der Waals surface area contributed by atoms with E-state index in [-0.39, 0.29) is 22.9 Å². The molecular formula is C26H38O3. The highest BCUT2D eigenvalue weighted by atomic mass is 16.5. The highest BCUT2D eigenvalue weighted by Gasteiger charge is 2.57. The first-order valence-electron chi connectivity index (χ1n) is 12.0. The Balaban J connectivity index is 1.48. The lowest BCUT2D eigenvalue weighted by Gasteiger charge is -2.53. The maximum absolute atomic E-state index is 12.5. The molecule has 0 unspecified atom stereocenters. The molecule has 0 amide bonds. The molecule has 29 heavy (non-hydrogen) atoms. The number of unbranched alkanes of at least 4 members (excludes halogenated alkanes) is 3. The standard InChI is InChI=1S/C26H38O3/c1-4-5-6-7-8-24(28)29-23-12-11-21-20-10-9-18-17-19(27)13-15-25(18,2)22(20)14-16-26(21,23)3/h14,17,20-21,23H,4-13,15-16H2,1-3H3/t20-,21-,23-,25-,26-/m0/s1. The van der Waals surface area contributed by atoms with Crippen molar-refractivity contribution in [2.75, 3.05) is 0 Å². The fraction of sp³-hybridized carbons (Fsp3) is 0.769. The predicted octanol–water partition coefficient (Wildman–Crippen LogP) is 6.32. The van der Waals surface area contributed by atoms with Crippen LogP contribution in [0.25, 0.3) is 0 Å². The quantitative estimate of drug-likeness (QED) is 0.299. The van der Waals surface area contributed by atoms with Crippen LogP contribution in [0, 0.1) is 22.7 Å². The summed E-state index contributed by atoms with van der Waals surface area (Å²) in [6, 6.07) is 0. The van der Waals surface area contributed by atoms with Crippen molar-refractivity contribution in [1.82, 2.24) is 0 Å². The molecule has 5 atom stereocenters. The number of carbonyl (C=O) groups excluding carboxylic acids is 2. The lowest BCUT2D eigenvalue weighted by molar-refractivity contribution is -0.156. The maximum atomic E-state index is 12.5. The molecule has 0 saturated heterocycles. The number of fused-ring (bicyclic) bond motifs is 5. The maximum Gasteiger partial charge on any atom is 0.306 e. The Bertz CT molecular complexity index is 732. The Hall–Kier alpha value is -1.38. The summed E-state index contributed by atoms with van der Waals surface area (Å²) in [5, 5.41) is 0. The number of esters is 1. The zero-order valence-electron chi connectivity index (χ0n) is 18.6. The summed E-state index contributed by atoms with van der Waals surface area (Å²) in [7, 11) is 0. The van der Waals surface area contributed by atoms with Gasteiger partial charge in [-0.1, -0.05) is 57.3 Å². The first-order valence-corrected chi connectivity index (χ1v) is 12.0. The number of carbonyl (C=O) groups is 2. The Kier molecular flexibility index (Phi) is 5.79. The topological polar surface area (TPSA) is 43.4 Å². The molecule has 4 aliphatic carbocycles. The molecular weight excluding hydrogens is 360 g/mol. The lowest BCUT2D eigenvalue weighted by atomic mass is 9.52. The normalized spacial score (nSPS) is 38.4. The molecule has 2 fully saturated rings. The van der Waals surface area contributed by atoms with E-state index in [4.69, 9.17) is 4.74 Å². The van der Waals surface area contributed by atoms with Crippen molar-refractivity contribution in [3.8, 4) is 0 Å². The van der Waals surface area contributed by atoms with Crippen LogP contribution in [0.4, 0.5) is 0 Å². The first-order chi connectivity index (χ1) is 13.9. The van der Waals surface area contributed by atoms with Crippen molar-refractivity contribution in [1.29, 1.82) is 0 Å². The van der Waals surface area contributed by atoms with E-state index in [1.165, 1.54) is 24.8 Å². The highest BCUT2D eigenvalue weighted by molar-refractivity contribution is 5.92. The average Bonchev–Trinajstić information content (AvgIpc) is 3.02. The second-order valence-corrected chi connectivity index (χ2v) is 10.5. The van der Waals surface area contributed by atoms with Gasteiger partial charge in [0.05, 0.1) is 0 Å². The van der Waals surface area contributed by atoms with E-state index in [1.807, 2.05) is 6.08 Å². The average molecular weight is 399 g/mol. The van der Waals surface area contributed by atoms with Crippen molar-refractivity contribution in [3.05, 3.63) is 23.3 Å². The van der Waals surface area contributed by atoms with Gasteiger partial charge in [-0.3, -0.25) is 9.59 Å². The smallest absolute Gasteiger partial charge is 0.306 e.